The average Bonchev–Trinajstić information content (AvgIpc) is 3.48. The Morgan fingerprint density at radius 1 is 1.11 bits per heavy atom. The van der Waals surface area contributed by atoms with Crippen LogP contribution in [0.25, 0.3) is 11.1 Å². The number of hydrogen-bond acceptors (Lipinski definition) is 7. The van der Waals surface area contributed by atoms with Crippen LogP contribution < -0.4 is 5.32 Å². The van der Waals surface area contributed by atoms with Gasteiger partial charge in [0, 0.05) is 24.0 Å². The van der Waals surface area contributed by atoms with Gasteiger partial charge in [0.25, 0.3) is 5.91 Å². The molecule has 1 aromatic heterocycles. The Balaban J connectivity index is 1.21. The topological polar surface area (TPSA) is 122 Å². The number of fused-ring (bicyclic) bond motifs is 3. The summed E-state index contributed by atoms with van der Waals surface area (Å²) in [7, 11) is 0. The number of hydrogen-bond donors (Lipinski definition) is 2. The van der Waals surface area contributed by atoms with E-state index in [2.05, 4.69) is 22.6 Å². The zero-order chi connectivity index (χ0) is 24.4. The minimum Gasteiger partial charge on any atom is -0.480 e. The van der Waals surface area contributed by atoms with E-state index in [9.17, 15) is 19.5 Å². The molecule has 1 aliphatic carbocycles. The number of thioether (sulfide) groups is 1. The van der Waals surface area contributed by atoms with Gasteiger partial charge in [0.05, 0.1) is 6.54 Å². The van der Waals surface area contributed by atoms with Crippen molar-refractivity contribution in [3.05, 3.63) is 77.2 Å². The van der Waals surface area contributed by atoms with E-state index in [1.807, 2.05) is 36.4 Å². The van der Waals surface area contributed by atoms with Gasteiger partial charge in [0.2, 0.25) is 0 Å². The molecular weight excluding hydrogens is 470 g/mol. The second-order valence-electron chi connectivity index (χ2n) is 8.28. The monoisotopic (exact) mass is 493 g/mol. The van der Waals surface area contributed by atoms with Gasteiger partial charge in [-0.3, -0.25) is 4.79 Å². The van der Waals surface area contributed by atoms with E-state index in [4.69, 9.17) is 9.26 Å². The molecule has 35 heavy (non-hydrogen) atoms. The molecule has 9 nitrogen and oxygen atoms in total. The summed E-state index contributed by atoms with van der Waals surface area (Å²) in [4.78, 5) is 38.3. The molecule has 2 amide bonds. The molecule has 180 valence electrons. The van der Waals surface area contributed by atoms with E-state index in [0.29, 0.717) is 18.1 Å². The highest BCUT2D eigenvalue weighted by atomic mass is 32.2. The molecule has 0 bridgehead atoms. The fourth-order valence-corrected chi connectivity index (χ4v) is 5.61. The molecule has 3 aromatic rings. The van der Waals surface area contributed by atoms with Crippen molar-refractivity contribution in [3.8, 4) is 11.1 Å². The molecule has 0 saturated carbocycles. The Labute approximate surface area is 205 Å². The molecule has 2 aliphatic rings. The highest BCUT2D eigenvalue weighted by Crippen LogP contribution is 2.44. The smallest absolute Gasteiger partial charge is 0.407 e. The van der Waals surface area contributed by atoms with E-state index in [-0.39, 0.29) is 30.3 Å². The number of amides is 2. The van der Waals surface area contributed by atoms with Crippen molar-refractivity contribution in [1.29, 1.82) is 0 Å². The van der Waals surface area contributed by atoms with Crippen molar-refractivity contribution in [2.75, 3.05) is 24.7 Å². The highest BCUT2D eigenvalue weighted by Gasteiger charge is 2.35. The summed E-state index contributed by atoms with van der Waals surface area (Å²) in [6.45, 7) is 0.385. The summed E-state index contributed by atoms with van der Waals surface area (Å²) in [5, 5.41) is 15.9. The molecule has 1 unspecified atom stereocenters. The van der Waals surface area contributed by atoms with Crippen LogP contribution in [0.2, 0.25) is 0 Å². The number of alkyl carbamates (subject to hydrolysis) is 1. The number of aromatic nitrogens is 1. The second-order valence-corrected chi connectivity index (χ2v) is 9.43. The molecule has 1 fully saturated rings. The molecule has 1 atom stereocenters. The maximum absolute atomic E-state index is 13.0. The fraction of sp³-hybridized carbons (Fsp3) is 0.280. The fourth-order valence-electron chi connectivity index (χ4n) is 4.57. The minimum atomic E-state index is -1.06. The van der Waals surface area contributed by atoms with Crippen molar-refractivity contribution in [2.45, 2.75) is 18.5 Å². The molecule has 1 saturated heterocycles. The van der Waals surface area contributed by atoms with Crippen LogP contribution >= 0.6 is 11.8 Å². The number of carbonyl (C=O) groups is 3. The van der Waals surface area contributed by atoms with Crippen LogP contribution in [0.1, 0.15) is 33.1 Å². The Kier molecular flexibility index (Phi) is 6.45. The molecule has 0 radical (unpaired) electrons. The zero-order valence-electron chi connectivity index (χ0n) is 18.7. The van der Waals surface area contributed by atoms with Crippen molar-refractivity contribution >= 4 is 29.7 Å². The predicted octanol–water partition coefficient (Wildman–Crippen LogP) is 3.36. The van der Waals surface area contributed by atoms with Crippen LogP contribution in [0.5, 0.6) is 0 Å². The lowest BCUT2D eigenvalue weighted by atomic mass is 9.98. The van der Waals surface area contributed by atoms with Gasteiger partial charge in [0.1, 0.15) is 30.2 Å². The highest BCUT2D eigenvalue weighted by molar-refractivity contribution is 7.99. The van der Waals surface area contributed by atoms with Gasteiger partial charge < -0.3 is 24.6 Å². The first kappa shape index (κ1) is 23.0. The van der Waals surface area contributed by atoms with Crippen molar-refractivity contribution in [1.82, 2.24) is 15.4 Å². The number of benzene rings is 2. The molecule has 5 rings (SSSR count). The standard InChI is InChI=1S/C25H23N3O6S/c29-23(28-9-10-35-14-22(28)24(30)31)20-13-34-27-21(20)11-26-25(32)33-12-19-17-7-3-1-5-15(17)16-6-2-4-8-18(16)19/h1-8,13,19,22H,9-12,14H2,(H,26,32)(H,30,31). The van der Waals surface area contributed by atoms with Gasteiger partial charge in [0.15, 0.2) is 0 Å². The quantitative estimate of drug-likeness (QED) is 0.536. The molecule has 0 spiro atoms. The summed E-state index contributed by atoms with van der Waals surface area (Å²) in [6.07, 6.45) is 0.531. The summed E-state index contributed by atoms with van der Waals surface area (Å²) in [5.74, 6) is -0.640. The second kappa shape index (κ2) is 9.83. The molecule has 1 aliphatic heterocycles. The predicted molar refractivity (Wildman–Crippen MR) is 128 cm³/mol. The van der Waals surface area contributed by atoms with Gasteiger partial charge in [-0.2, -0.15) is 11.8 Å². The van der Waals surface area contributed by atoms with E-state index in [1.165, 1.54) is 22.9 Å². The van der Waals surface area contributed by atoms with Gasteiger partial charge in [-0.1, -0.05) is 53.7 Å². The van der Waals surface area contributed by atoms with Gasteiger partial charge in [-0.25, -0.2) is 9.59 Å². The van der Waals surface area contributed by atoms with Crippen molar-refractivity contribution < 1.29 is 28.8 Å². The molecule has 2 heterocycles. The van der Waals surface area contributed by atoms with Crippen LogP contribution in [-0.2, 0) is 16.1 Å². The van der Waals surface area contributed by atoms with E-state index >= 15 is 0 Å². The first-order valence-corrected chi connectivity index (χ1v) is 12.3. The lowest BCUT2D eigenvalue weighted by molar-refractivity contribution is -0.141. The average molecular weight is 494 g/mol. The van der Waals surface area contributed by atoms with Gasteiger partial charge in [-0.05, 0) is 22.3 Å². The van der Waals surface area contributed by atoms with Gasteiger partial charge >= 0.3 is 12.1 Å². The molecule has 2 N–H and O–H groups in total. The number of aliphatic carboxylic acids is 1. The normalized spacial score (nSPS) is 16.9. The third kappa shape index (κ3) is 4.49. The van der Waals surface area contributed by atoms with E-state index in [0.717, 1.165) is 22.3 Å². The number of ether oxygens (including phenoxy) is 1. The number of carboxylic acids is 1. The number of carbonyl (C=O) groups excluding carboxylic acids is 2. The summed E-state index contributed by atoms with van der Waals surface area (Å²) in [6, 6.07) is 15.2. The number of carboxylic acid groups (broad SMARTS) is 1. The Morgan fingerprint density at radius 3 is 2.49 bits per heavy atom. The van der Waals surface area contributed by atoms with Crippen LogP contribution in [0, 0.1) is 0 Å². The van der Waals surface area contributed by atoms with Crippen molar-refractivity contribution in [3.63, 3.8) is 0 Å². The Hall–Kier alpha value is -3.79. The Morgan fingerprint density at radius 2 is 1.80 bits per heavy atom. The molecular formula is C25H23N3O6S. The Bertz CT molecular complexity index is 1230. The van der Waals surface area contributed by atoms with Crippen LogP contribution in [0.4, 0.5) is 4.79 Å². The van der Waals surface area contributed by atoms with E-state index in [1.54, 1.807) is 0 Å². The van der Waals surface area contributed by atoms with Crippen LogP contribution in [0.15, 0.2) is 59.3 Å². The number of nitrogens with one attached hydrogen (secondary N) is 1. The number of rotatable bonds is 6. The third-order valence-electron chi connectivity index (χ3n) is 6.29. The maximum Gasteiger partial charge on any atom is 0.407 e. The summed E-state index contributed by atoms with van der Waals surface area (Å²) < 4.78 is 10.5. The van der Waals surface area contributed by atoms with Crippen LogP contribution in [0.3, 0.4) is 0 Å². The number of nitrogens with zero attached hydrogens (tertiary/aromatic N) is 2. The van der Waals surface area contributed by atoms with E-state index < -0.39 is 24.0 Å². The van der Waals surface area contributed by atoms with Crippen molar-refractivity contribution in [2.24, 2.45) is 0 Å². The maximum atomic E-state index is 13.0. The lowest BCUT2D eigenvalue weighted by Gasteiger charge is -2.32. The molecule has 10 heteroatoms. The lowest BCUT2D eigenvalue weighted by Crippen LogP contribution is -2.50. The van der Waals surface area contributed by atoms with Crippen LogP contribution in [-0.4, -0.2) is 63.8 Å². The summed E-state index contributed by atoms with van der Waals surface area (Å²) >= 11 is 1.49. The minimum absolute atomic E-state index is 0.0673. The summed E-state index contributed by atoms with van der Waals surface area (Å²) in [5.41, 5.74) is 4.84. The molecule has 2 aromatic carbocycles. The first-order chi connectivity index (χ1) is 17.0. The zero-order valence-corrected chi connectivity index (χ0v) is 19.5. The first-order valence-electron chi connectivity index (χ1n) is 11.2. The third-order valence-corrected chi connectivity index (χ3v) is 7.32. The van der Waals surface area contributed by atoms with Gasteiger partial charge in [-0.15, -0.1) is 0 Å². The SMILES string of the molecule is O=C(NCc1nocc1C(=O)N1CCSCC1C(=O)O)OCC1c2ccccc2-c2ccccc21. The largest absolute Gasteiger partial charge is 0.480 e.